The Balaban J connectivity index is 2.02. The Hall–Kier alpha value is -0.390. The molecule has 1 aliphatic carbocycles. The molecule has 1 aromatic rings. The molecular formula is C12H19NO2S2. The summed E-state index contributed by atoms with van der Waals surface area (Å²) in [6.07, 6.45) is 3.38. The van der Waals surface area contributed by atoms with E-state index >= 15 is 0 Å². The van der Waals surface area contributed by atoms with Crippen LogP contribution in [0.3, 0.4) is 0 Å². The minimum atomic E-state index is -3.10. The molecule has 1 aliphatic rings. The maximum Gasteiger partial charge on any atom is 0.189 e. The highest BCUT2D eigenvalue weighted by Crippen LogP contribution is 2.34. The van der Waals surface area contributed by atoms with Crippen LogP contribution in [0.2, 0.25) is 0 Å². The summed E-state index contributed by atoms with van der Waals surface area (Å²) < 4.78 is 24.8. The molecule has 1 aromatic heterocycles. The predicted molar refractivity (Wildman–Crippen MR) is 71.2 cm³/mol. The van der Waals surface area contributed by atoms with Crippen LogP contribution in [0.25, 0.3) is 0 Å². The standard InChI is InChI=1S/C12H19NO2S2/c1-2-7-13-11(10-5-6-10)9-17(14,15)12-4-3-8-16-12/h3-4,8,10-11,13H,2,5-7,9H2,1H3. The van der Waals surface area contributed by atoms with Crippen LogP contribution in [-0.4, -0.2) is 26.8 Å². The molecular weight excluding hydrogens is 254 g/mol. The molecule has 0 aromatic carbocycles. The molecule has 1 N–H and O–H groups in total. The molecule has 0 radical (unpaired) electrons. The lowest BCUT2D eigenvalue weighted by Gasteiger charge is -2.17. The highest BCUT2D eigenvalue weighted by molar-refractivity contribution is 7.93. The van der Waals surface area contributed by atoms with Crippen molar-refractivity contribution in [3.05, 3.63) is 17.5 Å². The average molecular weight is 273 g/mol. The Kier molecular flexibility index (Phi) is 4.22. The smallest absolute Gasteiger partial charge is 0.189 e. The fraction of sp³-hybridized carbons (Fsp3) is 0.667. The molecule has 1 heterocycles. The Labute approximate surface area is 107 Å². The third kappa shape index (κ3) is 3.53. The van der Waals surface area contributed by atoms with E-state index in [1.165, 1.54) is 24.2 Å². The summed E-state index contributed by atoms with van der Waals surface area (Å²) in [7, 11) is -3.10. The molecule has 5 heteroatoms. The first-order chi connectivity index (χ1) is 8.13. The largest absolute Gasteiger partial charge is 0.313 e. The van der Waals surface area contributed by atoms with Gasteiger partial charge in [-0.25, -0.2) is 8.42 Å². The monoisotopic (exact) mass is 273 g/mol. The Morgan fingerprint density at radius 2 is 2.29 bits per heavy atom. The zero-order valence-corrected chi connectivity index (χ0v) is 11.7. The topological polar surface area (TPSA) is 46.2 Å². The molecule has 96 valence electrons. The van der Waals surface area contributed by atoms with Crippen LogP contribution >= 0.6 is 11.3 Å². The molecule has 3 nitrogen and oxygen atoms in total. The van der Waals surface area contributed by atoms with E-state index in [2.05, 4.69) is 12.2 Å². The van der Waals surface area contributed by atoms with Gasteiger partial charge in [0.25, 0.3) is 0 Å². The fourth-order valence-corrected chi connectivity index (χ4v) is 4.67. The van der Waals surface area contributed by atoms with Gasteiger partial charge in [0, 0.05) is 6.04 Å². The van der Waals surface area contributed by atoms with Crippen molar-refractivity contribution in [3.8, 4) is 0 Å². The number of nitrogens with one attached hydrogen (secondary N) is 1. The highest BCUT2D eigenvalue weighted by Gasteiger charge is 2.34. The van der Waals surface area contributed by atoms with Crippen molar-refractivity contribution in [1.82, 2.24) is 5.32 Å². The molecule has 1 fully saturated rings. The van der Waals surface area contributed by atoms with E-state index in [1.807, 2.05) is 5.38 Å². The van der Waals surface area contributed by atoms with Crippen molar-refractivity contribution in [2.24, 2.45) is 5.92 Å². The molecule has 2 rings (SSSR count). The zero-order valence-electron chi connectivity index (χ0n) is 10.1. The summed E-state index contributed by atoms with van der Waals surface area (Å²) in [5.41, 5.74) is 0. The van der Waals surface area contributed by atoms with Crippen molar-refractivity contribution in [3.63, 3.8) is 0 Å². The molecule has 0 aliphatic heterocycles. The van der Waals surface area contributed by atoms with Gasteiger partial charge in [-0.3, -0.25) is 0 Å². The highest BCUT2D eigenvalue weighted by atomic mass is 32.2. The summed E-state index contributed by atoms with van der Waals surface area (Å²) in [6.45, 7) is 3.01. The lowest BCUT2D eigenvalue weighted by atomic mass is 10.2. The van der Waals surface area contributed by atoms with Gasteiger partial charge in [-0.15, -0.1) is 11.3 Å². The van der Waals surface area contributed by atoms with Gasteiger partial charge < -0.3 is 5.32 Å². The number of hydrogen-bond donors (Lipinski definition) is 1. The Morgan fingerprint density at radius 3 is 2.82 bits per heavy atom. The minimum absolute atomic E-state index is 0.141. The normalized spacial score (nSPS) is 18.2. The van der Waals surface area contributed by atoms with Gasteiger partial charge in [0.15, 0.2) is 9.84 Å². The van der Waals surface area contributed by atoms with E-state index in [1.54, 1.807) is 12.1 Å². The minimum Gasteiger partial charge on any atom is -0.313 e. The third-order valence-corrected chi connectivity index (χ3v) is 6.31. The third-order valence-electron chi connectivity index (χ3n) is 3.05. The summed E-state index contributed by atoms with van der Waals surface area (Å²) in [6, 6.07) is 3.63. The Morgan fingerprint density at radius 1 is 1.53 bits per heavy atom. The van der Waals surface area contributed by atoms with Gasteiger partial charge >= 0.3 is 0 Å². The number of thiophene rings is 1. The van der Waals surface area contributed by atoms with E-state index in [0.717, 1.165) is 13.0 Å². The van der Waals surface area contributed by atoms with Gasteiger partial charge in [0.1, 0.15) is 4.21 Å². The van der Waals surface area contributed by atoms with E-state index < -0.39 is 9.84 Å². The van der Waals surface area contributed by atoms with Gasteiger partial charge in [0.2, 0.25) is 0 Å². The second-order valence-electron chi connectivity index (χ2n) is 4.61. The van der Waals surface area contributed by atoms with E-state index in [9.17, 15) is 8.42 Å². The number of rotatable bonds is 7. The predicted octanol–water partition coefficient (Wildman–Crippen LogP) is 2.30. The van der Waals surface area contributed by atoms with Crippen LogP contribution in [0, 0.1) is 5.92 Å². The SMILES string of the molecule is CCCNC(CS(=O)(=O)c1cccs1)C1CC1. The van der Waals surface area contributed by atoms with Gasteiger partial charge in [-0.05, 0) is 43.2 Å². The summed E-state index contributed by atoms with van der Waals surface area (Å²) in [4.78, 5) is 0. The van der Waals surface area contributed by atoms with E-state index in [4.69, 9.17) is 0 Å². The molecule has 1 saturated carbocycles. The van der Waals surface area contributed by atoms with Gasteiger partial charge in [-0.2, -0.15) is 0 Å². The van der Waals surface area contributed by atoms with Crippen LogP contribution in [-0.2, 0) is 9.84 Å². The second kappa shape index (κ2) is 5.50. The molecule has 17 heavy (non-hydrogen) atoms. The first-order valence-corrected chi connectivity index (χ1v) is 8.66. The lowest BCUT2D eigenvalue weighted by molar-refractivity contribution is 0.489. The van der Waals surface area contributed by atoms with E-state index in [-0.39, 0.29) is 11.8 Å². The van der Waals surface area contributed by atoms with Crippen molar-refractivity contribution < 1.29 is 8.42 Å². The first-order valence-electron chi connectivity index (χ1n) is 6.13. The van der Waals surface area contributed by atoms with Crippen molar-refractivity contribution in [1.29, 1.82) is 0 Å². The van der Waals surface area contributed by atoms with Crippen LogP contribution in [0.15, 0.2) is 21.7 Å². The summed E-state index contributed by atoms with van der Waals surface area (Å²) in [5.74, 6) is 0.814. The van der Waals surface area contributed by atoms with Gasteiger partial charge in [-0.1, -0.05) is 13.0 Å². The maximum atomic E-state index is 12.2. The molecule has 0 saturated heterocycles. The maximum absolute atomic E-state index is 12.2. The molecule has 1 atom stereocenters. The first kappa shape index (κ1) is 13.1. The van der Waals surface area contributed by atoms with Crippen LogP contribution in [0.4, 0.5) is 0 Å². The van der Waals surface area contributed by atoms with Crippen LogP contribution in [0.1, 0.15) is 26.2 Å². The van der Waals surface area contributed by atoms with Crippen LogP contribution in [0.5, 0.6) is 0 Å². The van der Waals surface area contributed by atoms with Crippen molar-refractivity contribution in [2.45, 2.75) is 36.4 Å². The van der Waals surface area contributed by atoms with E-state index in [0.29, 0.717) is 10.1 Å². The molecule has 1 unspecified atom stereocenters. The second-order valence-corrected chi connectivity index (χ2v) is 7.82. The molecule has 0 spiro atoms. The van der Waals surface area contributed by atoms with Crippen molar-refractivity contribution in [2.75, 3.05) is 12.3 Å². The van der Waals surface area contributed by atoms with Crippen LogP contribution < -0.4 is 5.32 Å². The van der Waals surface area contributed by atoms with Gasteiger partial charge in [0.05, 0.1) is 5.75 Å². The summed E-state index contributed by atoms with van der Waals surface area (Å²) in [5, 5.41) is 5.19. The lowest BCUT2D eigenvalue weighted by Crippen LogP contribution is -2.37. The average Bonchev–Trinajstić information content (AvgIpc) is 2.98. The summed E-state index contributed by atoms with van der Waals surface area (Å²) >= 11 is 1.31. The number of sulfone groups is 1. The Bertz CT molecular complexity index is 435. The number of hydrogen-bond acceptors (Lipinski definition) is 4. The molecule has 0 amide bonds. The van der Waals surface area contributed by atoms with Crippen molar-refractivity contribution >= 4 is 21.2 Å². The molecule has 0 bridgehead atoms. The zero-order chi connectivity index (χ0) is 12.3. The fourth-order valence-electron chi connectivity index (χ4n) is 1.95. The quantitative estimate of drug-likeness (QED) is 0.829.